The second kappa shape index (κ2) is 7.69. The molecule has 0 heterocycles. The molecule has 0 N–H and O–H groups in total. The van der Waals surface area contributed by atoms with Crippen LogP contribution in [0.1, 0.15) is 20.8 Å². The fourth-order valence-electron chi connectivity index (χ4n) is 1.39. The maximum atomic E-state index is 11.3. The van der Waals surface area contributed by atoms with Crippen LogP contribution in [0.4, 0.5) is 0 Å². The average molecular weight is 285 g/mol. The molecule has 0 spiro atoms. The van der Waals surface area contributed by atoms with Crippen molar-refractivity contribution in [1.82, 2.24) is 0 Å². The summed E-state index contributed by atoms with van der Waals surface area (Å²) in [6.45, 7) is 6.10. The van der Waals surface area contributed by atoms with Crippen LogP contribution in [0.25, 0.3) is 0 Å². The minimum absolute atomic E-state index is 0.323. The molecular weight excluding hydrogens is 268 g/mol. The number of allylic oxidation sites excluding steroid dienone is 1. The zero-order chi connectivity index (χ0) is 14.3. The maximum Gasteiger partial charge on any atom is 0.334 e. The predicted molar refractivity (Wildman–Crippen MR) is 73.6 cm³/mol. The van der Waals surface area contributed by atoms with Gasteiger partial charge in [0.05, 0.1) is 19.3 Å². The molecule has 0 aliphatic heterocycles. The molecule has 0 atom stereocenters. The molecular formula is C14H17ClO4. The Bertz CT molecular complexity index is 469. The van der Waals surface area contributed by atoms with Crippen LogP contribution in [0, 0.1) is 0 Å². The Morgan fingerprint density at radius 2 is 1.95 bits per heavy atom. The van der Waals surface area contributed by atoms with Crippen molar-refractivity contribution in [2.45, 2.75) is 20.8 Å². The summed E-state index contributed by atoms with van der Waals surface area (Å²) in [5, 5.41) is 0.376. The van der Waals surface area contributed by atoms with Gasteiger partial charge in [-0.05, 0) is 32.9 Å². The van der Waals surface area contributed by atoms with Gasteiger partial charge in [-0.3, -0.25) is 0 Å². The van der Waals surface area contributed by atoms with Crippen molar-refractivity contribution >= 4 is 17.6 Å². The van der Waals surface area contributed by atoms with E-state index >= 15 is 0 Å². The summed E-state index contributed by atoms with van der Waals surface area (Å²) in [6.07, 6.45) is 1.27. The summed E-state index contributed by atoms with van der Waals surface area (Å²) in [4.78, 5) is 11.3. The van der Waals surface area contributed by atoms with Crippen molar-refractivity contribution in [1.29, 1.82) is 0 Å². The van der Waals surface area contributed by atoms with Gasteiger partial charge >= 0.3 is 5.97 Å². The Kier molecular flexibility index (Phi) is 6.22. The first kappa shape index (κ1) is 15.4. The molecule has 0 fully saturated rings. The fraction of sp³-hybridized carbons (Fsp3) is 0.357. The summed E-state index contributed by atoms with van der Waals surface area (Å²) >= 11 is 6.14. The van der Waals surface area contributed by atoms with Crippen molar-refractivity contribution < 1.29 is 19.0 Å². The smallest absolute Gasteiger partial charge is 0.334 e. The number of ether oxygens (including phenoxy) is 3. The number of carbonyl (C=O) groups is 1. The van der Waals surface area contributed by atoms with E-state index in [-0.39, 0.29) is 0 Å². The summed E-state index contributed by atoms with van der Waals surface area (Å²) in [6, 6.07) is 5.22. The highest BCUT2D eigenvalue weighted by molar-refractivity contribution is 6.33. The molecule has 0 aliphatic rings. The average Bonchev–Trinajstić information content (AvgIpc) is 2.34. The quantitative estimate of drug-likeness (QED) is 0.455. The summed E-state index contributed by atoms with van der Waals surface area (Å²) < 4.78 is 15.6. The van der Waals surface area contributed by atoms with Gasteiger partial charge in [0, 0.05) is 0 Å². The Labute approximate surface area is 117 Å². The lowest BCUT2D eigenvalue weighted by molar-refractivity contribution is -0.137. The predicted octanol–water partition coefficient (Wildman–Crippen LogP) is 3.58. The third kappa shape index (κ3) is 4.83. The molecule has 0 bridgehead atoms. The summed E-state index contributed by atoms with van der Waals surface area (Å²) in [5.74, 6) is 0.933. The van der Waals surface area contributed by atoms with Crippen molar-refractivity contribution in [3.8, 4) is 11.5 Å². The van der Waals surface area contributed by atoms with Crippen LogP contribution >= 0.6 is 11.6 Å². The molecule has 1 aromatic rings. The first-order valence-corrected chi connectivity index (χ1v) is 6.40. The molecule has 104 valence electrons. The van der Waals surface area contributed by atoms with Crippen LogP contribution in [0.2, 0.25) is 5.02 Å². The lowest BCUT2D eigenvalue weighted by atomic mass is 10.3. The van der Waals surface area contributed by atoms with E-state index in [9.17, 15) is 4.79 Å². The number of halogens is 1. The molecule has 0 aliphatic carbocycles. The number of hydrogen-bond acceptors (Lipinski definition) is 4. The third-order valence-corrected chi connectivity index (χ3v) is 2.48. The maximum absolute atomic E-state index is 11.3. The zero-order valence-corrected chi connectivity index (χ0v) is 12.0. The van der Waals surface area contributed by atoms with E-state index in [1.54, 1.807) is 32.0 Å². The molecule has 0 saturated heterocycles. The van der Waals surface area contributed by atoms with E-state index < -0.39 is 5.97 Å². The molecule has 19 heavy (non-hydrogen) atoms. The van der Waals surface area contributed by atoms with Crippen LogP contribution in [0.3, 0.4) is 0 Å². The Balaban J connectivity index is 2.82. The molecule has 0 radical (unpaired) electrons. The van der Waals surface area contributed by atoms with Gasteiger partial charge in [0.25, 0.3) is 0 Å². The van der Waals surface area contributed by atoms with Crippen molar-refractivity contribution in [2.24, 2.45) is 0 Å². The van der Waals surface area contributed by atoms with E-state index in [1.807, 2.05) is 6.92 Å². The van der Waals surface area contributed by atoms with E-state index in [0.717, 1.165) is 0 Å². The molecule has 5 heteroatoms. The van der Waals surface area contributed by atoms with Crippen LogP contribution in [-0.4, -0.2) is 19.2 Å². The Hall–Kier alpha value is -1.68. The SMILES string of the molecule is CCOC(=O)/C=C(/C)Oc1cccc(OCC)c1Cl. The van der Waals surface area contributed by atoms with Gasteiger partial charge in [0.1, 0.15) is 22.3 Å². The number of hydrogen-bond donors (Lipinski definition) is 0. The third-order valence-electron chi connectivity index (χ3n) is 2.11. The Morgan fingerprint density at radius 1 is 1.26 bits per heavy atom. The lowest BCUT2D eigenvalue weighted by Gasteiger charge is -2.11. The molecule has 0 unspecified atom stereocenters. The van der Waals surface area contributed by atoms with Crippen LogP contribution < -0.4 is 9.47 Å². The molecule has 0 saturated carbocycles. The molecule has 0 amide bonds. The van der Waals surface area contributed by atoms with Crippen LogP contribution in [0.5, 0.6) is 11.5 Å². The lowest BCUT2D eigenvalue weighted by Crippen LogP contribution is -2.03. The van der Waals surface area contributed by atoms with E-state index in [2.05, 4.69) is 0 Å². The second-order valence-corrected chi connectivity index (χ2v) is 3.99. The number of esters is 1. The zero-order valence-electron chi connectivity index (χ0n) is 11.2. The minimum atomic E-state index is -0.447. The monoisotopic (exact) mass is 284 g/mol. The van der Waals surface area contributed by atoms with Gasteiger partial charge in [0.15, 0.2) is 0 Å². The van der Waals surface area contributed by atoms with Gasteiger partial charge in [-0.2, -0.15) is 0 Å². The number of rotatable bonds is 6. The van der Waals surface area contributed by atoms with Crippen LogP contribution in [0.15, 0.2) is 30.0 Å². The number of carbonyl (C=O) groups excluding carboxylic acids is 1. The fourth-order valence-corrected chi connectivity index (χ4v) is 1.61. The van der Waals surface area contributed by atoms with E-state index in [4.69, 9.17) is 25.8 Å². The van der Waals surface area contributed by atoms with E-state index in [0.29, 0.717) is 35.5 Å². The van der Waals surface area contributed by atoms with Crippen molar-refractivity contribution in [3.63, 3.8) is 0 Å². The highest BCUT2D eigenvalue weighted by atomic mass is 35.5. The van der Waals surface area contributed by atoms with Gasteiger partial charge < -0.3 is 14.2 Å². The standard InChI is InChI=1S/C14H17ClO4/c1-4-17-11-7-6-8-12(14(11)15)19-10(3)9-13(16)18-5-2/h6-9H,4-5H2,1-3H3/b10-9-. The molecule has 0 aromatic heterocycles. The second-order valence-electron chi connectivity index (χ2n) is 3.61. The first-order valence-electron chi connectivity index (χ1n) is 6.02. The molecule has 1 rings (SSSR count). The largest absolute Gasteiger partial charge is 0.492 e. The van der Waals surface area contributed by atoms with Gasteiger partial charge in [-0.25, -0.2) is 4.79 Å². The first-order chi connectivity index (χ1) is 9.08. The van der Waals surface area contributed by atoms with Gasteiger partial charge in [-0.1, -0.05) is 17.7 Å². The van der Waals surface area contributed by atoms with Crippen molar-refractivity contribution in [3.05, 3.63) is 35.1 Å². The van der Waals surface area contributed by atoms with Crippen molar-refractivity contribution in [2.75, 3.05) is 13.2 Å². The summed E-state index contributed by atoms with van der Waals surface area (Å²) in [7, 11) is 0. The Morgan fingerprint density at radius 3 is 2.58 bits per heavy atom. The highest BCUT2D eigenvalue weighted by Gasteiger charge is 2.09. The molecule has 1 aromatic carbocycles. The van der Waals surface area contributed by atoms with Crippen LogP contribution in [-0.2, 0) is 9.53 Å². The minimum Gasteiger partial charge on any atom is -0.492 e. The van der Waals surface area contributed by atoms with Gasteiger partial charge in [-0.15, -0.1) is 0 Å². The summed E-state index contributed by atoms with van der Waals surface area (Å²) in [5.41, 5.74) is 0. The normalized spacial score (nSPS) is 11.1. The number of benzene rings is 1. The van der Waals surface area contributed by atoms with E-state index in [1.165, 1.54) is 6.08 Å². The van der Waals surface area contributed by atoms with Gasteiger partial charge in [0.2, 0.25) is 0 Å². The highest BCUT2D eigenvalue weighted by Crippen LogP contribution is 2.34. The topological polar surface area (TPSA) is 44.8 Å². The molecule has 4 nitrogen and oxygen atoms in total.